The van der Waals surface area contributed by atoms with Gasteiger partial charge in [-0.25, -0.2) is 4.79 Å². The Balaban J connectivity index is 1.90. The zero-order valence-electron chi connectivity index (χ0n) is 11.4. The van der Waals surface area contributed by atoms with E-state index in [4.69, 9.17) is 10.8 Å². The molecule has 2 fully saturated rings. The number of nitrogens with two attached hydrogens (primary N) is 1. The van der Waals surface area contributed by atoms with Crippen molar-refractivity contribution in [1.29, 1.82) is 0 Å². The summed E-state index contributed by atoms with van der Waals surface area (Å²) in [7, 11) is 0. The Morgan fingerprint density at radius 1 is 1.15 bits per heavy atom. The molecule has 0 aromatic carbocycles. The summed E-state index contributed by atoms with van der Waals surface area (Å²) in [5.41, 5.74) is 5.28. The lowest BCUT2D eigenvalue weighted by Crippen LogP contribution is -2.51. The van der Waals surface area contributed by atoms with Gasteiger partial charge in [-0.3, -0.25) is 9.59 Å². The number of rotatable bonds is 3. The number of hydrogen-bond donors (Lipinski definition) is 3. The Kier molecular flexibility index (Phi) is 4.46. The second-order valence-corrected chi connectivity index (χ2v) is 5.60. The molecule has 1 saturated carbocycles. The van der Waals surface area contributed by atoms with Crippen LogP contribution in [0.25, 0.3) is 0 Å². The summed E-state index contributed by atoms with van der Waals surface area (Å²) in [6, 6.07) is -0.970. The molecule has 112 valence electrons. The Morgan fingerprint density at radius 2 is 1.90 bits per heavy atom. The van der Waals surface area contributed by atoms with E-state index in [0.29, 0.717) is 25.8 Å². The molecule has 2 rings (SSSR count). The highest BCUT2D eigenvalue weighted by molar-refractivity contribution is 5.86. The van der Waals surface area contributed by atoms with Gasteiger partial charge in [-0.2, -0.15) is 0 Å². The van der Waals surface area contributed by atoms with E-state index in [1.807, 2.05) is 0 Å². The van der Waals surface area contributed by atoms with Crippen molar-refractivity contribution in [2.45, 2.75) is 50.6 Å². The van der Waals surface area contributed by atoms with Crippen LogP contribution >= 0.6 is 0 Å². The lowest BCUT2D eigenvalue weighted by Gasteiger charge is -2.30. The van der Waals surface area contributed by atoms with Gasteiger partial charge in [0.2, 0.25) is 5.91 Å². The van der Waals surface area contributed by atoms with Crippen LogP contribution in [0.5, 0.6) is 0 Å². The molecule has 0 radical (unpaired) electrons. The summed E-state index contributed by atoms with van der Waals surface area (Å²) in [4.78, 5) is 35.9. The molecule has 2 aliphatic rings. The molecule has 0 spiro atoms. The van der Waals surface area contributed by atoms with Gasteiger partial charge in [0.05, 0.1) is 5.92 Å². The lowest BCUT2D eigenvalue weighted by atomic mass is 9.86. The van der Waals surface area contributed by atoms with Crippen molar-refractivity contribution >= 4 is 17.9 Å². The zero-order valence-corrected chi connectivity index (χ0v) is 11.4. The van der Waals surface area contributed by atoms with Gasteiger partial charge in [0.15, 0.2) is 0 Å². The smallest absolute Gasteiger partial charge is 0.318 e. The molecule has 1 heterocycles. The van der Waals surface area contributed by atoms with Crippen molar-refractivity contribution in [3.05, 3.63) is 0 Å². The lowest BCUT2D eigenvalue weighted by molar-refractivity contribution is -0.143. The van der Waals surface area contributed by atoms with E-state index in [2.05, 4.69) is 5.32 Å². The second-order valence-electron chi connectivity index (χ2n) is 5.60. The highest BCUT2D eigenvalue weighted by atomic mass is 16.4. The van der Waals surface area contributed by atoms with Gasteiger partial charge >= 0.3 is 12.0 Å². The van der Waals surface area contributed by atoms with Crippen molar-refractivity contribution in [2.24, 2.45) is 11.7 Å². The topological polar surface area (TPSA) is 113 Å². The molecule has 1 saturated heterocycles. The Bertz CT molecular complexity index is 412. The van der Waals surface area contributed by atoms with Crippen LogP contribution in [0.2, 0.25) is 0 Å². The Hall–Kier alpha value is -1.79. The molecular formula is C13H21N3O4. The molecule has 20 heavy (non-hydrogen) atoms. The first kappa shape index (κ1) is 14.6. The fraction of sp³-hybridized carbons (Fsp3) is 0.769. The fourth-order valence-corrected chi connectivity index (χ4v) is 3.11. The number of carboxylic acid groups (broad SMARTS) is 1. The Labute approximate surface area is 117 Å². The van der Waals surface area contributed by atoms with E-state index in [1.165, 1.54) is 4.90 Å². The highest BCUT2D eigenvalue weighted by Gasteiger charge is 2.35. The first-order chi connectivity index (χ1) is 9.49. The monoisotopic (exact) mass is 283 g/mol. The number of primary amides is 1. The number of carbonyl (C=O) groups is 3. The largest absolute Gasteiger partial charge is 0.481 e. The predicted octanol–water partition coefficient (Wildman–Crippen LogP) is 0.289. The highest BCUT2D eigenvalue weighted by Crippen LogP contribution is 2.25. The minimum Gasteiger partial charge on any atom is -0.481 e. The van der Waals surface area contributed by atoms with Crippen LogP contribution in [-0.2, 0) is 9.59 Å². The van der Waals surface area contributed by atoms with Crippen molar-refractivity contribution in [1.82, 2.24) is 10.2 Å². The maximum absolute atomic E-state index is 12.2. The Morgan fingerprint density at radius 3 is 2.55 bits per heavy atom. The SMILES string of the molecule is NC(=O)C1CCCN1C(=O)NC1CCCC(C(=O)O)C1. The molecule has 1 aliphatic carbocycles. The third-order valence-corrected chi connectivity index (χ3v) is 4.19. The number of aliphatic carboxylic acids is 1. The van der Waals surface area contributed by atoms with Crippen molar-refractivity contribution in [2.75, 3.05) is 6.54 Å². The maximum atomic E-state index is 12.2. The van der Waals surface area contributed by atoms with Crippen LogP contribution in [0.1, 0.15) is 38.5 Å². The van der Waals surface area contributed by atoms with Crippen LogP contribution in [-0.4, -0.2) is 46.5 Å². The van der Waals surface area contributed by atoms with Crippen molar-refractivity contribution in [3.8, 4) is 0 Å². The van der Waals surface area contributed by atoms with Crippen molar-refractivity contribution < 1.29 is 19.5 Å². The van der Waals surface area contributed by atoms with E-state index < -0.39 is 17.9 Å². The van der Waals surface area contributed by atoms with Gasteiger partial charge in [0, 0.05) is 12.6 Å². The van der Waals surface area contributed by atoms with Crippen LogP contribution < -0.4 is 11.1 Å². The number of carbonyl (C=O) groups excluding carboxylic acids is 2. The van der Waals surface area contributed by atoms with Gasteiger partial charge in [-0.05, 0) is 32.1 Å². The quantitative estimate of drug-likeness (QED) is 0.690. The number of nitrogens with zero attached hydrogens (tertiary/aromatic N) is 1. The number of hydrogen-bond acceptors (Lipinski definition) is 3. The van der Waals surface area contributed by atoms with E-state index in [0.717, 1.165) is 19.3 Å². The normalized spacial score (nSPS) is 30.0. The summed E-state index contributed by atoms with van der Waals surface area (Å²) < 4.78 is 0. The van der Waals surface area contributed by atoms with Crippen LogP contribution in [0.3, 0.4) is 0 Å². The van der Waals surface area contributed by atoms with Crippen LogP contribution in [0.4, 0.5) is 4.79 Å². The third kappa shape index (κ3) is 3.20. The van der Waals surface area contributed by atoms with Gasteiger partial charge in [-0.15, -0.1) is 0 Å². The molecule has 1 aliphatic heterocycles. The summed E-state index contributed by atoms with van der Waals surface area (Å²) in [6.45, 7) is 0.522. The summed E-state index contributed by atoms with van der Waals surface area (Å²) in [5, 5.41) is 11.9. The summed E-state index contributed by atoms with van der Waals surface area (Å²) in [5.74, 6) is -1.68. The molecule has 0 aromatic heterocycles. The molecule has 0 aromatic rings. The summed E-state index contributed by atoms with van der Waals surface area (Å²) in [6.07, 6.45) is 4.06. The molecule has 3 amide bonds. The van der Waals surface area contributed by atoms with E-state index in [1.54, 1.807) is 0 Å². The number of urea groups is 1. The number of amides is 3. The first-order valence-corrected chi connectivity index (χ1v) is 7.08. The zero-order chi connectivity index (χ0) is 14.7. The number of nitrogens with one attached hydrogen (secondary N) is 1. The first-order valence-electron chi connectivity index (χ1n) is 7.08. The number of likely N-dealkylation sites (tertiary alicyclic amines) is 1. The maximum Gasteiger partial charge on any atom is 0.318 e. The summed E-state index contributed by atoms with van der Waals surface area (Å²) >= 11 is 0. The standard InChI is InChI=1S/C13H21N3O4/c14-11(17)10-5-2-6-16(10)13(20)15-9-4-1-3-8(7-9)12(18)19/h8-10H,1-7H2,(H2,14,17)(H,15,20)(H,18,19). The average molecular weight is 283 g/mol. The van der Waals surface area contributed by atoms with E-state index in [9.17, 15) is 14.4 Å². The average Bonchev–Trinajstić information content (AvgIpc) is 2.88. The fourth-order valence-electron chi connectivity index (χ4n) is 3.11. The molecular weight excluding hydrogens is 262 g/mol. The van der Waals surface area contributed by atoms with Crippen molar-refractivity contribution in [3.63, 3.8) is 0 Å². The molecule has 3 atom stereocenters. The van der Waals surface area contributed by atoms with Gasteiger partial charge in [0.1, 0.15) is 6.04 Å². The minimum atomic E-state index is -0.805. The number of carboxylic acids is 1. The third-order valence-electron chi connectivity index (χ3n) is 4.19. The van der Waals surface area contributed by atoms with Gasteiger partial charge in [-0.1, -0.05) is 6.42 Å². The van der Waals surface area contributed by atoms with Gasteiger partial charge < -0.3 is 21.1 Å². The molecule has 3 unspecified atom stereocenters. The predicted molar refractivity (Wildman–Crippen MR) is 70.8 cm³/mol. The van der Waals surface area contributed by atoms with Crippen LogP contribution in [0.15, 0.2) is 0 Å². The molecule has 0 bridgehead atoms. The minimum absolute atomic E-state index is 0.133. The molecule has 7 nitrogen and oxygen atoms in total. The van der Waals surface area contributed by atoms with Gasteiger partial charge in [0.25, 0.3) is 0 Å². The van der Waals surface area contributed by atoms with E-state index >= 15 is 0 Å². The van der Waals surface area contributed by atoms with Crippen LogP contribution in [0, 0.1) is 5.92 Å². The van der Waals surface area contributed by atoms with E-state index in [-0.39, 0.29) is 18.0 Å². The second kappa shape index (κ2) is 6.11. The molecule has 7 heteroatoms. The molecule has 4 N–H and O–H groups in total.